The molecule has 1 atom stereocenters. The summed E-state index contributed by atoms with van der Waals surface area (Å²) in [5, 5.41) is 9.61. The van der Waals surface area contributed by atoms with Crippen LogP contribution in [0.15, 0.2) is 12.7 Å². The number of rotatable bonds is 4. The van der Waals surface area contributed by atoms with Crippen molar-refractivity contribution in [3.8, 4) is 0 Å². The molecule has 2 heterocycles. The molecule has 1 N–H and O–H groups in total. The van der Waals surface area contributed by atoms with Crippen LogP contribution >= 0.6 is 23.5 Å². The summed E-state index contributed by atoms with van der Waals surface area (Å²) in [6.07, 6.45) is 4.14. The number of hydrogen-bond acceptors (Lipinski definition) is 4. The molecule has 0 unspecified atom stereocenters. The molecule has 19 heavy (non-hydrogen) atoms. The second-order valence-electron chi connectivity index (χ2n) is 5.46. The first-order valence-electron chi connectivity index (χ1n) is 6.92. The maximum absolute atomic E-state index is 11.7. The van der Waals surface area contributed by atoms with E-state index in [0.29, 0.717) is 19.0 Å². The van der Waals surface area contributed by atoms with E-state index in [4.69, 9.17) is 0 Å². The lowest BCUT2D eigenvalue weighted by molar-refractivity contribution is -0.152. The Hall–Kier alpha value is -0.130. The third kappa shape index (κ3) is 3.70. The maximum Gasteiger partial charge on any atom is 0.311 e. The Morgan fingerprint density at radius 1 is 1.42 bits per heavy atom. The minimum absolute atomic E-state index is 0.543. The van der Waals surface area contributed by atoms with Crippen LogP contribution in [-0.2, 0) is 4.79 Å². The first kappa shape index (κ1) is 15.3. The van der Waals surface area contributed by atoms with Crippen molar-refractivity contribution in [2.45, 2.75) is 25.3 Å². The van der Waals surface area contributed by atoms with Crippen LogP contribution in [0, 0.1) is 5.41 Å². The van der Waals surface area contributed by atoms with Crippen LogP contribution in [0.5, 0.6) is 0 Å². The van der Waals surface area contributed by atoms with E-state index in [0.717, 1.165) is 30.9 Å². The summed E-state index contributed by atoms with van der Waals surface area (Å²) in [5.41, 5.74) is -0.596. The zero-order chi connectivity index (χ0) is 13.7. The van der Waals surface area contributed by atoms with Crippen molar-refractivity contribution in [1.82, 2.24) is 4.90 Å². The summed E-state index contributed by atoms with van der Waals surface area (Å²) in [6, 6.07) is 0.543. The van der Waals surface area contributed by atoms with Gasteiger partial charge in [-0.05, 0) is 25.8 Å². The number of carbonyl (C=O) groups is 1. The third-order valence-corrected chi connectivity index (χ3v) is 6.59. The number of likely N-dealkylation sites (tertiary alicyclic amines) is 1. The lowest BCUT2D eigenvalue weighted by Crippen LogP contribution is -2.52. The predicted octanol–water partition coefficient (Wildman–Crippen LogP) is 2.58. The Morgan fingerprint density at radius 3 is 2.68 bits per heavy atom. The van der Waals surface area contributed by atoms with Gasteiger partial charge in [-0.3, -0.25) is 9.69 Å². The monoisotopic (exact) mass is 301 g/mol. The molecular weight excluding hydrogens is 278 g/mol. The molecule has 0 amide bonds. The molecule has 0 aromatic carbocycles. The topological polar surface area (TPSA) is 40.5 Å². The highest BCUT2D eigenvalue weighted by atomic mass is 32.2. The summed E-state index contributed by atoms with van der Waals surface area (Å²) < 4.78 is 0. The van der Waals surface area contributed by atoms with E-state index in [9.17, 15) is 9.90 Å². The normalized spacial score (nSPS) is 30.7. The van der Waals surface area contributed by atoms with Gasteiger partial charge in [0.1, 0.15) is 0 Å². The largest absolute Gasteiger partial charge is 0.481 e. The van der Waals surface area contributed by atoms with Gasteiger partial charge in [0.15, 0.2) is 0 Å². The molecule has 0 aromatic heterocycles. The molecule has 108 valence electrons. The van der Waals surface area contributed by atoms with E-state index in [1.165, 1.54) is 11.5 Å². The fourth-order valence-corrected chi connectivity index (χ4v) is 5.63. The summed E-state index contributed by atoms with van der Waals surface area (Å²) >= 11 is 4.02. The van der Waals surface area contributed by atoms with Crippen molar-refractivity contribution < 1.29 is 9.90 Å². The summed E-state index contributed by atoms with van der Waals surface area (Å²) in [6.45, 7) is 5.49. The number of allylic oxidation sites excluding steroid dienone is 1. The molecule has 0 saturated carbocycles. The Bertz CT molecular complexity index is 329. The molecule has 0 spiro atoms. The van der Waals surface area contributed by atoms with Crippen LogP contribution in [0.4, 0.5) is 0 Å². The van der Waals surface area contributed by atoms with Gasteiger partial charge in [0.25, 0.3) is 0 Å². The number of nitrogens with zero attached hydrogens (tertiary/aromatic N) is 1. The van der Waals surface area contributed by atoms with Crippen molar-refractivity contribution in [2.24, 2.45) is 5.41 Å². The molecule has 2 rings (SSSR count). The van der Waals surface area contributed by atoms with Crippen LogP contribution in [0.1, 0.15) is 19.3 Å². The Kier molecular flexibility index (Phi) is 5.66. The van der Waals surface area contributed by atoms with Crippen molar-refractivity contribution in [2.75, 3.05) is 36.1 Å². The molecular formula is C14H23NO2S2. The highest BCUT2D eigenvalue weighted by Gasteiger charge is 2.42. The molecule has 0 bridgehead atoms. The van der Waals surface area contributed by atoms with Gasteiger partial charge in [-0.2, -0.15) is 23.5 Å². The lowest BCUT2D eigenvalue weighted by atomic mass is 9.77. The molecule has 2 aliphatic heterocycles. The smallest absolute Gasteiger partial charge is 0.311 e. The summed E-state index contributed by atoms with van der Waals surface area (Å²) in [4.78, 5) is 14.1. The average Bonchev–Trinajstić information content (AvgIpc) is 2.68. The molecule has 2 fully saturated rings. The number of carboxylic acids is 1. The SMILES string of the molecule is C=CC[C@@]1(C(=O)O)CCCN(C2CSCCSC2)C1. The first-order chi connectivity index (χ1) is 9.18. The Labute approximate surface area is 124 Å². The molecule has 0 radical (unpaired) electrons. The number of carboxylic acid groups (broad SMARTS) is 1. The minimum atomic E-state index is -0.647. The maximum atomic E-state index is 11.7. The van der Waals surface area contributed by atoms with E-state index in [2.05, 4.69) is 11.5 Å². The highest BCUT2D eigenvalue weighted by Crippen LogP contribution is 2.36. The Balaban J connectivity index is 2.05. The van der Waals surface area contributed by atoms with Crippen molar-refractivity contribution in [1.29, 1.82) is 0 Å². The van der Waals surface area contributed by atoms with Crippen molar-refractivity contribution in [3.05, 3.63) is 12.7 Å². The zero-order valence-electron chi connectivity index (χ0n) is 11.3. The summed E-state index contributed by atoms with van der Waals surface area (Å²) in [5.74, 6) is 4.11. The standard InChI is InChI=1S/C14H23NO2S2/c1-2-4-14(13(16)17)5-3-6-15(11-14)12-9-18-7-8-19-10-12/h2,12H,1,3-11H2,(H,16,17)/t14-/m1/s1. The summed E-state index contributed by atoms with van der Waals surface area (Å²) in [7, 11) is 0. The van der Waals surface area contributed by atoms with Crippen LogP contribution < -0.4 is 0 Å². The quantitative estimate of drug-likeness (QED) is 0.808. The van der Waals surface area contributed by atoms with E-state index in [1.54, 1.807) is 6.08 Å². The van der Waals surface area contributed by atoms with Crippen LogP contribution in [0.3, 0.4) is 0 Å². The second kappa shape index (κ2) is 7.04. The second-order valence-corrected chi connectivity index (χ2v) is 7.76. The molecule has 2 aliphatic rings. The van der Waals surface area contributed by atoms with E-state index in [1.807, 2.05) is 23.5 Å². The van der Waals surface area contributed by atoms with Gasteiger partial charge < -0.3 is 5.11 Å². The number of aliphatic carboxylic acids is 1. The van der Waals surface area contributed by atoms with Gasteiger partial charge in [0.2, 0.25) is 0 Å². The van der Waals surface area contributed by atoms with E-state index in [-0.39, 0.29) is 0 Å². The molecule has 3 nitrogen and oxygen atoms in total. The van der Waals surface area contributed by atoms with Crippen molar-refractivity contribution >= 4 is 29.5 Å². The van der Waals surface area contributed by atoms with Gasteiger partial charge in [-0.1, -0.05) is 6.08 Å². The molecule has 0 aliphatic carbocycles. The predicted molar refractivity (Wildman–Crippen MR) is 84.1 cm³/mol. The van der Waals surface area contributed by atoms with Gasteiger partial charge in [0.05, 0.1) is 5.41 Å². The minimum Gasteiger partial charge on any atom is -0.481 e. The van der Waals surface area contributed by atoms with Crippen LogP contribution in [-0.4, -0.2) is 58.1 Å². The van der Waals surface area contributed by atoms with E-state index < -0.39 is 11.4 Å². The molecule has 0 aromatic rings. The third-order valence-electron chi connectivity index (χ3n) is 4.10. The van der Waals surface area contributed by atoms with Gasteiger partial charge in [-0.15, -0.1) is 6.58 Å². The lowest BCUT2D eigenvalue weighted by Gasteiger charge is -2.42. The zero-order valence-corrected chi connectivity index (χ0v) is 13.0. The Morgan fingerprint density at radius 2 is 2.11 bits per heavy atom. The van der Waals surface area contributed by atoms with Gasteiger partial charge in [-0.25, -0.2) is 0 Å². The van der Waals surface area contributed by atoms with Gasteiger partial charge >= 0.3 is 5.97 Å². The average molecular weight is 301 g/mol. The highest BCUT2D eigenvalue weighted by molar-refractivity contribution is 8.03. The van der Waals surface area contributed by atoms with Crippen molar-refractivity contribution in [3.63, 3.8) is 0 Å². The van der Waals surface area contributed by atoms with Gasteiger partial charge in [0, 0.05) is 35.6 Å². The number of hydrogen-bond donors (Lipinski definition) is 1. The fraction of sp³-hybridized carbons (Fsp3) is 0.786. The number of piperidine rings is 1. The number of thioether (sulfide) groups is 2. The first-order valence-corrected chi connectivity index (χ1v) is 9.23. The van der Waals surface area contributed by atoms with Crippen LogP contribution in [0.25, 0.3) is 0 Å². The fourth-order valence-electron chi connectivity index (χ4n) is 3.00. The van der Waals surface area contributed by atoms with Crippen LogP contribution in [0.2, 0.25) is 0 Å². The molecule has 5 heteroatoms. The van der Waals surface area contributed by atoms with E-state index >= 15 is 0 Å². The molecule has 2 saturated heterocycles.